The van der Waals surface area contributed by atoms with Gasteiger partial charge in [-0.05, 0) is 50.0 Å². The summed E-state index contributed by atoms with van der Waals surface area (Å²) in [7, 11) is 0. The van der Waals surface area contributed by atoms with Gasteiger partial charge < -0.3 is 15.2 Å². The molecule has 1 heterocycles. The summed E-state index contributed by atoms with van der Waals surface area (Å²) in [5.41, 5.74) is 6.51. The second-order valence-electron chi connectivity index (χ2n) is 6.22. The van der Waals surface area contributed by atoms with E-state index in [1.807, 2.05) is 12.1 Å². The largest absolute Gasteiger partial charge is 0.476 e. The maximum absolute atomic E-state index is 6.04. The Labute approximate surface area is 120 Å². The smallest absolute Gasteiger partial charge is 0.240 e. The van der Waals surface area contributed by atoms with Crippen LogP contribution in [0.4, 0.5) is 5.69 Å². The Kier molecular flexibility index (Phi) is 3.99. The summed E-state index contributed by atoms with van der Waals surface area (Å²) >= 11 is 0. The first-order chi connectivity index (χ1) is 9.72. The molecule has 0 radical (unpaired) electrons. The Morgan fingerprint density at radius 3 is 2.75 bits per heavy atom. The number of nitrogens with zero attached hydrogens (tertiary/aromatic N) is 1. The van der Waals surface area contributed by atoms with Gasteiger partial charge in [-0.3, -0.25) is 0 Å². The van der Waals surface area contributed by atoms with Gasteiger partial charge in [0.15, 0.2) is 0 Å². The Balaban J connectivity index is 1.64. The van der Waals surface area contributed by atoms with Crippen molar-refractivity contribution >= 4 is 5.69 Å². The van der Waals surface area contributed by atoms with E-state index in [1.54, 1.807) is 0 Å². The summed E-state index contributed by atoms with van der Waals surface area (Å²) in [4.78, 5) is 4.43. The van der Waals surface area contributed by atoms with Crippen LogP contribution < -0.4 is 15.2 Å². The van der Waals surface area contributed by atoms with Crippen LogP contribution in [0.25, 0.3) is 0 Å². The molecule has 110 valence electrons. The Bertz CT molecular complexity index is 460. The monoisotopic (exact) mass is 276 g/mol. The number of nitrogen functional groups attached to an aromatic ring is 1. The zero-order chi connectivity index (χ0) is 13.9. The molecule has 0 aromatic carbocycles. The van der Waals surface area contributed by atoms with Crippen LogP contribution in [0.1, 0.15) is 45.4 Å². The third-order valence-corrected chi connectivity index (χ3v) is 4.32. The topological polar surface area (TPSA) is 57.4 Å². The molecule has 1 aromatic rings. The molecule has 0 bridgehead atoms. The number of nitrogens with two attached hydrogens (primary N) is 1. The van der Waals surface area contributed by atoms with Crippen molar-refractivity contribution in [1.29, 1.82) is 0 Å². The maximum atomic E-state index is 6.04. The number of ether oxygens (including phenoxy) is 2. The second kappa shape index (κ2) is 5.90. The van der Waals surface area contributed by atoms with Crippen LogP contribution in [-0.2, 0) is 0 Å². The predicted molar refractivity (Wildman–Crippen MR) is 78.9 cm³/mol. The zero-order valence-corrected chi connectivity index (χ0v) is 12.2. The third kappa shape index (κ3) is 3.35. The lowest BCUT2D eigenvalue weighted by Crippen LogP contribution is -2.28. The SMILES string of the molecule is CC1CCCCC1Oc1ccc(N)c(OCC2CC2)n1. The van der Waals surface area contributed by atoms with Crippen molar-refractivity contribution in [3.63, 3.8) is 0 Å². The van der Waals surface area contributed by atoms with Gasteiger partial charge in [0.25, 0.3) is 0 Å². The molecule has 2 N–H and O–H groups in total. The molecule has 2 aliphatic rings. The van der Waals surface area contributed by atoms with Crippen LogP contribution in [-0.4, -0.2) is 17.7 Å². The molecule has 20 heavy (non-hydrogen) atoms. The molecule has 4 heteroatoms. The molecular formula is C16H24N2O2. The van der Waals surface area contributed by atoms with E-state index in [0.29, 0.717) is 29.3 Å². The molecule has 2 unspecified atom stereocenters. The first kappa shape index (κ1) is 13.5. The number of hydrogen-bond acceptors (Lipinski definition) is 4. The van der Waals surface area contributed by atoms with Gasteiger partial charge in [-0.15, -0.1) is 0 Å². The van der Waals surface area contributed by atoms with Crippen LogP contribution in [0.3, 0.4) is 0 Å². The molecule has 2 fully saturated rings. The zero-order valence-electron chi connectivity index (χ0n) is 12.2. The summed E-state index contributed by atoms with van der Waals surface area (Å²) in [6, 6.07) is 3.68. The van der Waals surface area contributed by atoms with Crippen molar-refractivity contribution in [2.45, 2.75) is 51.6 Å². The highest BCUT2D eigenvalue weighted by Gasteiger charge is 2.24. The van der Waals surface area contributed by atoms with Gasteiger partial charge >= 0.3 is 0 Å². The molecule has 4 nitrogen and oxygen atoms in total. The van der Waals surface area contributed by atoms with Crippen molar-refractivity contribution in [3.05, 3.63) is 12.1 Å². The van der Waals surface area contributed by atoms with Crippen molar-refractivity contribution in [2.75, 3.05) is 12.3 Å². The molecule has 2 aliphatic carbocycles. The molecule has 0 spiro atoms. The van der Waals surface area contributed by atoms with Crippen LogP contribution >= 0.6 is 0 Å². The molecule has 0 saturated heterocycles. The standard InChI is InChI=1S/C16H24N2O2/c1-11-4-2-3-5-14(11)20-15-9-8-13(17)16(18-15)19-10-12-6-7-12/h8-9,11-12,14H,2-7,10,17H2,1H3. The Morgan fingerprint density at radius 2 is 2.00 bits per heavy atom. The number of rotatable bonds is 5. The quantitative estimate of drug-likeness (QED) is 0.895. The lowest BCUT2D eigenvalue weighted by molar-refractivity contribution is 0.0966. The molecule has 2 saturated carbocycles. The highest BCUT2D eigenvalue weighted by Crippen LogP contribution is 2.32. The van der Waals surface area contributed by atoms with Gasteiger partial charge in [-0.25, -0.2) is 0 Å². The van der Waals surface area contributed by atoms with Gasteiger partial charge in [-0.1, -0.05) is 13.3 Å². The summed E-state index contributed by atoms with van der Waals surface area (Å²) in [6.07, 6.45) is 7.71. The molecule has 0 aliphatic heterocycles. The minimum absolute atomic E-state index is 0.274. The van der Waals surface area contributed by atoms with Crippen molar-refractivity contribution in [1.82, 2.24) is 4.98 Å². The van der Waals surface area contributed by atoms with Crippen LogP contribution in [0.15, 0.2) is 12.1 Å². The maximum Gasteiger partial charge on any atom is 0.240 e. The summed E-state index contributed by atoms with van der Waals surface area (Å²) in [5, 5.41) is 0. The van der Waals surface area contributed by atoms with E-state index in [4.69, 9.17) is 15.2 Å². The lowest BCUT2D eigenvalue weighted by Gasteiger charge is -2.28. The normalized spacial score (nSPS) is 26.2. The highest BCUT2D eigenvalue weighted by molar-refractivity contribution is 5.49. The van der Waals surface area contributed by atoms with Gasteiger partial charge in [0, 0.05) is 6.07 Å². The van der Waals surface area contributed by atoms with Crippen molar-refractivity contribution in [2.24, 2.45) is 11.8 Å². The lowest BCUT2D eigenvalue weighted by atomic mass is 9.88. The second-order valence-corrected chi connectivity index (χ2v) is 6.22. The molecule has 0 amide bonds. The van der Waals surface area contributed by atoms with E-state index in [1.165, 1.54) is 32.1 Å². The van der Waals surface area contributed by atoms with E-state index in [9.17, 15) is 0 Å². The number of hydrogen-bond donors (Lipinski definition) is 1. The Morgan fingerprint density at radius 1 is 1.20 bits per heavy atom. The van der Waals surface area contributed by atoms with Crippen molar-refractivity contribution < 1.29 is 9.47 Å². The summed E-state index contributed by atoms with van der Waals surface area (Å²) in [6.45, 7) is 2.98. The summed E-state index contributed by atoms with van der Waals surface area (Å²) in [5.74, 6) is 2.46. The molecular weight excluding hydrogens is 252 g/mol. The van der Waals surface area contributed by atoms with E-state index in [2.05, 4.69) is 11.9 Å². The van der Waals surface area contributed by atoms with Gasteiger partial charge in [-0.2, -0.15) is 4.98 Å². The fraction of sp³-hybridized carbons (Fsp3) is 0.688. The number of aromatic nitrogens is 1. The van der Waals surface area contributed by atoms with E-state index < -0.39 is 0 Å². The summed E-state index contributed by atoms with van der Waals surface area (Å²) < 4.78 is 11.7. The number of pyridine rings is 1. The van der Waals surface area contributed by atoms with Gasteiger partial charge in [0.1, 0.15) is 6.10 Å². The fourth-order valence-electron chi connectivity index (χ4n) is 2.71. The van der Waals surface area contributed by atoms with Crippen molar-refractivity contribution in [3.8, 4) is 11.8 Å². The van der Waals surface area contributed by atoms with E-state index in [-0.39, 0.29) is 6.10 Å². The Hall–Kier alpha value is -1.45. The van der Waals surface area contributed by atoms with E-state index >= 15 is 0 Å². The number of anilines is 1. The van der Waals surface area contributed by atoms with Crippen LogP contribution in [0.2, 0.25) is 0 Å². The first-order valence-electron chi connectivity index (χ1n) is 7.78. The third-order valence-electron chi connectivity index (χ3n) is 4.32. The molecule has 3 rings (SSSR count). The average molecular weight is 276 g/mol. The minimum atomic E-state index is 0.274. The molecule has 2 atom stereocenters. The molecule has 1 aromatic heterocycles. The minimum Gasteiger partial charge on any atom is -0.476 e. The average Bonchev–Trinajstić information content (AvgIpc) is 3.26. The fourth-order valence-corrected chi connectivity index (χ4v) is 2.71. The van der Waals surface area contributed by atoms with Gasteiger partial charge in [0.2, 0.25) is 11.8 Å². The van der Waals surface area contributed by atoms with Crippen LogP contribution in [0.5, 0.6) is 11.8 Å². The van der Waals surface area contributed by atoms with E-state index in [0.717, 1.165) is 13.0 Å². The van der Waals surface area contributed by atoms with Gasteiger partial charge in [0.05, 0.1) is 12.3 Å². The first-order valence-corrected chi connectivity index (χ1v) is 7.78. The van der Waals surface area contributed by atoms with Crippen LogP contribution in [0, 0.1) is 11.8 Å². The highest BCUT2D eigenvalue weighted by atomic mass is 16.5. The predicted octanol–water partition coefficient (Wildman–Crippen LogP) is 3.41.